The molecule has 128 valence electrons. The van der Waals surface area contributed by atoms with Crippen LogP contribution in [0, 0.1) is 0 Å². The van der Waals surface area contributed by atoms with E-state index in [2.05, 4.69) is 11.8 Å². The van der Waals surface area contributed by atoms with Crippen LogP contribution in [0.3, 0.4) is 0 Å². The highest BCUT2D eigenvalue weighted by Crippen LogP contribution is 2.32. The Morgan fingerprint density at radius 1 is 1.12 bits per heavy atom. The lowest BCUT2D eigenvalue weighted by Gasteiger charge is -2.35. The Labute approximate surface area is 142 Å². The standard InChI is InChI=1S/C18H21NO4S/c1-2-19-12-16(23-18-11-7-6-10-17(18)19)13-22-24(20,21)14-15-8-4-3-5-9-15/h3-11,16H,2,12-14H2,1H3. The normalized spacial score (nSPS) is 17.2. The Hall–Kier alpha value is -2.05. The van der Waals surface area contributed by atoms with Crippen molar-refractivity contribution >= 4 is 15.8 Å². The molecule has 1 unspecified atom stereocenters. The Kier molecular flexibility index (Phi) is 5.06. The van der Waals surface area contributed by atoms with Gasteiger partial charge in [0.1, 0.15) is 24.2 Å². The van der Waals surface area contributed by atoms with E-state index in [9.17, 15) is 8.42 Å². The summed E-state index contributed by atoms with van der Waals surface area (Å²) in [6.45, 7) is 3.51. The zero-order chi connectivity index (χ0) is 17.0. The summed E-state index contributed by atoms with van der Waals surface area (Å²) in [5.74, 6) is 0.633. The molecular formula is C18H21NO4S. The maximum Gasteiger partial charge on any atom is 0.271 e. The summed E-state index contributed by atoms with van der Waals surface area (Å²) in [6, 6.07) is 16.8. The van der Waals surface area contributed by atoms with Crippen LogP contribution in [0.2, 0.25) is 0 Å². The van der Waals surface area contributed by atoms with Gasteiger partial charge in [-0.3, -0.25) is 4.18 Å². The largest absolute Gasteiger partial charge is 0.484 e. The maximum absolute atomic E-state index is 12.1. The zero-order valence-corrected chi connectivity index (χ0v) is 14.4. The van der Waals surface area contributed by atoms with Gasteiger partial charge in [0, 0.05) is 6.54 Å². The zero-order valence-electron chi connectivity index (χ0n) is 13.6. The van der Waals surface area contributed by atoms with Gasteiger partial charge in [0.05, 0.1) is 12.2 Å². The number of ether oxygens (including phenoxy) is 1. The third-order valence-electron chi connectivity index (χ3n) is 3.93. The number of rotatable bonds is 6. The lowest BCUT2D eigenvalue weighted by molar-refractivity contribution is 0.128. The molecule has 2 aromatic carbocycles. The minimum atomic E-state index is -3.63. The number of likely N-dealkylation sites (N-methyl/N-ethyl adjacent to an activating group) is 1. The van der Waals surface area contributed by atoms with Crippen LogP contribution in [0.15, 0.2) is 54.6 Å². The number of benzene rings is 2. The van der Waals surface area contributed by atoms with Gasteiger partial charge in [-0.2, -0.15) is 8.42 Å². The molecule has 0 aliphatic carbocycles. The fraction of sp³-hybridized carbons (Fsp3) is 0.333. The molecule has 0 bridgehead atoms. The van der Waals surface area contributed by atoms with Gasteiger partial charge < -0.3 is 9.64 Å². The quantitative estimate of drug-likeness (QED) is 0.752. The third-order valence-corrected chi connectivity index (χ3v) is 5.11. The van der Waals surface area contributed by atoms with E-state index < -0.39 is 10.1 Å². The van der Waals surface area contributed by atoms with E-state index in [4.69, 9.17) is 8.92 Å². The van der Waals surface area contributed by atoms with E-state index in [-0.39, 0.29) is 18.5 Å². The Morgan fingerprint density at radius 3 is 2.58 bits per heavy atom. The molecule has 5 nitrogen and oxygen atoms in total. The average Bonchev–Trinajstić information content (AvgIpc) is 2.60. The number of para-hydroxylation sites is 2. The van der Waals surface area contributed by atoms with Crippen molar-refractivity contribution in [2.75, 3.05) is 24.6 Å². The smallest absolute Gasteiger partial charge is 0.271 e. The molecule has 0 radical (unpaired) electrons. The first-order chi connectivity index (χ1) is 11.6. The van der Waals surface area contributed by atoms with Crippen molar-refractivity contribution in [1.29, 1.82) is 0 Å². The lowest BCUT2D eigenvalue weighted by Crippen LogP contribution is -2.42. The molecule has 0 N–H and O–H groups in total. The van der Waals surface area contributed by atoms with Crippen molar-refractivity contribution in [1.82, 2.24) is 0 Å². The summed E-state index contributed by atoms with van der Waals surface area (Å²) >= 11 is 0. The molecule has 0 saturated carbocycles. The molecule has 1 atom stereocenters. The predicted molar refractivity (Wildman–Crippen MR) is 93.8 cm³/mol. The van der Waals surface area contributed by atoms with Crippen molar-refractivity contribution in [3.8, 4) is 5.75 Å². The van der Waals surface area contributed by atoms with E-state index >= 15 is 0 Å². The summed E-state index contributed by atoms with van der Waals surface area (Å²) < 4.78 is 35.4. The molecule has 24 heavy (non-hydrogen) atoms. The van der Waals surface area contributed by atoms with E-state index in [1.807, 2.05) is 42.5 Å². The molecule has 0 aromatic heterocycles. The van der Waals surface area contributed by atoms with Crippen LogP contribution in [-0.2, 0) is 20.1 Å². The fourth-order valence-corrected chi connectivity index (χ4v) is 3.81. The average molecular weight is 347 g/mol. The first-order valence-electron chi connectivity index (χ1n) is 7.99. The summed E-state index contributed by atoms with van der Waals surface area (Å²) in [5.41, 5.74) is 1.74. The molecule has 0 amide bonds. The predicted octanol–water partition coefficient (Wildman–Crippen LogP) is 2.82. The van der Waals surface area contributed by atoms with E-state index in [0.29, 0.717) is 12.1 Å². The van der Waals surface area contributed by atoms with Crippen LogP contribution in [-0.4, -0.2) is 34.2 Å². The molecule has 6 heteroatoms. The SMILES string of the molecule is CCN1CC(COS(=O)(=O)Cc2ccccc2)Oc2ccccc21. The van der Waals surface area contributed by atoms with Gasteiger partial charge in [0.2, 0.25) is 0 Å². The first-order valence-corrected chi connectivity index (χ1v) is 9.57. The second-order valence-corrected chi connectivity index (χ2v) is 7.36. The molecule has 1 aliphatic heterocycles. The fourth-order valence-electron chi connectivity index (χ4n) is 2.76. The second kappa shape index (κ2) is 7.23. The van der Waals surface area contributed by atoms with Gasteiger partial charge in [0.25, 0.3) is 10.1 Å². The molecule has 0 spiro atoms. The molecule has 0 fully saturated rings. The van der Waals surface area contributed by atoms with Crippen molar-refractivity contribution in [2.24, 2.45) is 0 Å². The lowest BCUT2D eigenvalue weighted by atomic mass is 10.2. The van der Waals surface area contributed by atoms with Crippen LogP contribution >= 0.6 is 0 Å². The molecule has 1 heterocycles. The van der Waals surface area contributed by atoms with Crippen LogP contribution in [0.25, 0.3) is 0 Å². The van der Waals surface area contributed by atoms with Crippen molar-refractivity contribution in [3.05, 3.63) is 60.2 Å². The summed E-state index contributed by atoms with van der Waals surface area (Å²) in [4.78, 5) is 2.16. The second-order valence-electron chi connectivity index (χ2n) is 5.72. The Balaban J connectivity index is 1.63. The third kappa shape index (κ3) is 4.07. The van der Waals surface area contributed by atoms with Crippen LogP contribution < -0.4 is 9.64 Å². The highest BCUT2D eigenvalue weighted by molar-refractivity contribution is 7.85. The highest BCUT2D eigenvalue weighted by atomic mass is 32.2. The topological polar surface area (TPSA) is 55.8 Å². The molecule has 1 aliphatic rings. The monoisotopic (exact) mass is 347 g/mol. The van der Waals surface area contributed by atoms with Crippen molar-refractivity contribution in [2.45, 2.75) is 18.8 Å². The van der Waals surface area contributed by atoms with Gasteiger partial charge in [-0.05, 0) is 24.6 Å². The maximum atomic E-state index is 12.1. The minimum absolute atomic E-state index is 0.0139. The van der Waals surface area contributed by atoms with Gasteiger partial charge >= 0.3 is 0 Å². The van der Waals surface area contributed by atoms with Gasteiger partial charge in [0.15, 0.2) is 0 Å². The van der Waals surface area contributed by atoms with Gasteiger partial charge in [-0.15, -0.1) is 0 Å². The minimum Gasteiger partial charge on any atom is -0.484 e. The number of hydrogen-bond donors (Lipinski definition) is 0. The van der Waals surface area contributed by atoms with Crippen LogP contribution in [0.4, 0.5) is 5.69 Å². The summed E-state index contributed by atoms with van der Waals surface area (Å²) in [7, 11) is -3.63. The van der Waals surface area contributed by atoms with Crippen molar-refractivity contribution in [3.63, 3.8) is 0 Å². The van der Waals surface area contributed by atoms with E-state index in [0.717, 1.165) is 18.0 Å². The summed E-state index contributed by atoms with van der Waals surface area (Å²) in [5, 5.41) is 0. The van der Waals surface area contributed by atoms with E-state index in [1.54, 1.807) is 12.1 Å². The highest BCUT2D eigenvalue weighted by Gasteiger charge is 2.26. The van der Waals surface area contributed by atoms with Crippen LogP contribution in [0.5, 0.6) is 5.75 Å². The molecular weight excluding hydrogens is 326 g/mol. The Bertz CT molecular complexity index is 777. The van der Waals surface area contributed by atoms with Crippen LogP contribution in [0.1, 0.15) is 12.5 Å². The van der Waals surface area contributed by atoms with Gasteiger partial charge in [-0.1, -0.05) is 42.5 Å². The molecule has 0 saturated heterocycles. The number of nitrogens with zero attached hydrogens (tertiary/aromatic N) is 1. The number of hydrogen-bond acceptors (Lipinski definition) is 5. The Morgan fingerprint density at radius 2 is 1.83 bits per heavy atom. The summed E-state index contributed by atoms with van der Waals surface area (Å²) in [6.07, 6.45) is -0.314. The first kappa shape index (κ1) is 16.8. The number of fused-ring (bicyclic) bond motifs is 1. The molecule has 2 aromatic rings. The van der Waals surface area contributed by atoms with E-state index in [1.165, 1.54) is 0 Å². The number of anilines is 1. The van der Waals surface area contributed by atoms with Gasteiger partial charge in [-0.25, -0.2) is 0 Å². The molecule has 3 rings (SSSR count). The van der Waals surface area contributed by atoms with Crippen molar-refractivity contribution < 1.29 is 17.3 Å².